The molecule has 4 heteroatoms. The lowest BCUT2D eigenvalue weighted by atomic mass is 9.85. The first-order chi connectivity index (χ1) is 7.00. The highest BCUT2D eigenvalue weighted by atomic mass is 16.2. The summed E-state index contributed by atoms with van der Waals surface area (Å²) in [6.07, 6.45) is 6.70. The first kappa shape index (κ1) is 10.2. The van der Waals surface area contributed by atoms with E-state index in [1.54, 1.807) is 0 Å². The van der Waals surface area contributed by atoms with Crippen LogP contribution in [0.4, 0.5) is 4.79 Å². The molecule has 2 aliphatic carbocycles. The summed E-state index contributed by atoms with van der Waals surface area (Å²) in [6, 6.07) is -0.594. The van der Waals surface area contributed by atoms with Crippen LogP contribution in [0.1, 0.15) is 26.7 Å². The number of hydrogen-bond acceptors (Lipinski definition) is 2. The SMILES string of the molecule is CC1(C)C=CC[C@H]2C[C@H]2/C1=N/NC(N)=O. The molecule has 1 fully saturated rings. The van der Waals surface area contributed by atoms with Crippen molar-refractivity contribution in [2.45, 2.75) is 26.7 Å². The second-order valence-electron chi connectivity index (χ2n) is 4.94. The Morgan fingerprint density at radius 2 is 2.40 bits per heavy atom. The third kappa shape index (κ3) is 2.03. The number of urea groups is 1. The largest absolute Gasteiger partial charge is 0.350 e. The van der Waals surface area contributed by atoms with E-state index in [9.17, 15) is 4.79 Å². The molecule has 2 amide bonds. The van der Waals surface area contributed by atoms with Crippen LogP contribution in [0.15, 0.2) is 17.3 Å². The fraction of sp³-hybridized carbons (Fsp3) is 0.636. The number of nitrogens with two attached hydrogens (primary N) is 1. The molecule has 0 aromatic rings. The number of hydrogen-bond donors (Lipinski definition) is 2. The molecule has 1 saturated carbocycles. The zero-order valence-corrected chi connectivity index (χ0v) is 9.16. The van der Waals surface area contributed by atoms with Crippen molar-refractivity contribution < 1.29 is 4.79 Å². The van der Waals surface area contributed by atoms with Gasteiger partial charge in [-0.05, 0) is 18.8 Å². The van der Waals surface area contributed by atoms with Crippen molar-refractivity contribution in [2.75, 3.05) is 0 Å². The summed E-state index contributed by atoms with van der Waals surface area (Å²) in [5, 5.41) is 4.16. The molecule has 0 unspecified atom stereocenters. The lowest BCUT2D eigenvalue weighted by Gasteiger charge is -2.22. The van der Waals surface area contributed by atoms with Crippen molar-refractivity contribution in [3.05, 3.63) is 12.2 Å². The highest BCUT2D eigenvalue weighted by Crippen LogP contribution is 2.49. The van der Waals surface area contributed by atoms with Crippen LogP contribution in [0, 0.1) is 17.3 Å². The lowest BCUT2D eigenvalue weighted by Crippen LogP contribution is -2.31. The molecule has 4 nitrogen and oxygen atoms in total. The summed E-state index contributed by atoms with van der Waals surface area (Å²) < 4.78 is 0. The minimum atomic E-state index is -0.594. The first-order valence-electron chi connectivity index (χ1n) is 5.32. The third-order valence-corrected chi connectivity index (χ3v) is 3.19. The molecule has 0 saturated heterocycles. The molecule has 0 aromatic heterocycles. The molecule has 0 aliphatic heterocycles. The first-order valence-corrected chi connectivity index (χ1v) is 5.32. The fourth-order valence-electron chi connectivity index (χ4n) is 2.29. The fourth-order valence-corrected chi connectivity index (χ4v) is 2.29. The van der Waals surface area contributed by atoms with E-state index in [1.165, 1.54) is 6.42 Å². The maximum Gasteiger partial charge on any atom is 0.332 e. The number of carbonyl (C=O) groups excluding carboxylic acids is 1. The second kappa shape index (κ2) is 3.36. The molecule has 82 valence electrons. The Balaban J connectivity index is 2.22. The van der Waals surface area contributed by atoms with Gasteiger partial charge in [-0.1, -0.05) is 26.0 Å². The molecule has 2 rings (SSSR count). The zero-order valence-electron chi connectivity index (χ0n) is 9.16. The number of primary amides is 1. The van der Waals surface area contributed by atoms with Crippen molar-refractivity contribution in [2.24, 2.45) is 28.1 Å². The molecule has 0 bridgehead atoms. The summed E-state index contributed by atoms with van der Waals surface area (Å²) in [6.45, 7) is 4.23. The van der Waals surface area contributed by atoms with Gasteiger partial charge in [-0.3, -0.25) is 0 Å². The summed E-state index contributed by atoms with van der Waals surface area (Å²) in [7, 11) is 0. The van der Waals surface area contributed by atoms with Crippen molar-refractivity contribution in [1.29, 1.82) is 0 Å². The van der Waals surface area contributed by atoms with Gasteiger partial charge in [0.15, 0.2) is 0 Å². The van der Waals surface area contributed by atoms with Crippen LogP contribution in [0.3, 0.4) is 0 Å². The molecule has 0 radical (unpaired) electrons. The Kier molecular flexibility index (Phi) is 2.29. The highest BCUT2D eigenvalue weighted by molar-refractivity contribution is 5.96. The Morgan fingerprint density at radius 1 is 1.67 bits per heavy atom. The summed E-state index contributed by atoms with van der Waals surface area (Å²) in [5.41, 5.74) is 8.35. The van der Waals surface area contributed by atoms with E-state index in [-0.39, 0.29) is 5.41 Å². The van der Waals surface area contributed by atoms with E-state index < -0.39 is 6.03 Å². The highest BCUT2D eigenvalue weighted by Gasteiger charge is 2.46. The van der Waals surface area contributed by atoms with E-state index in [4.69, 9.17) is 5.73 Å². The van der Waals surface area contributed by atoms with E-state index in [0.29, 0.717) is 5.92 Å². The van der Waals surface area contributed by atoms with Gasteiger partial charge in [-0.2, -0.15) is 5.10 Å². The van der Waals surface area contributed by atoms with E-state index in [1.807, 2.05) is 0 Å². The van der Waals surface area contributed by atoms with Gasteiger partial charge in [0, 0.05) is 11.3 Å². The molecule has 0 heterocycles. The van der Waals surface area contributed by atoms with Gasteiger partial charge >= 0.3 is 6.03 Å². The minimum absolute atomic E-state index is 0.0711. The number of fused-ring (bicyclic) bond motifs is 1. The molecular formula is C11H17N3O. The number of hydrazone groups is 1. The van der Waals surface area contributed by atoms with Crippen LogP contribution < -0.4 is 11.2 Å². The molecule has 3 N–H and O–H groups in total. The standard InChI is InChI=1S/C11H17N3O/c1-11(2)5-3-4-7-6-8(7)9(11)13-14-10(12)15/h3,5,7-8H,4,6H2,1-2H3,(H3,12,14,15)/b13-9-/t7-,8+/m0/s1. The van der Waals surface area contributed by atoms with Crippen LogP contribution in [-0.2, 0) is 0 Å². The topological polar surface area (TPSA) is 67.5 Å². The van der Waals surface area contributed by atoms with Crippen LogP contribution in [0.25, 0.3) is 0 Å². The van der Waals surface area contributed by atoms with Gasteiger partial charge in [-0.25, -0.2) is 10.2 Å². The lowest BCUT2D eigenvalue weighted by molar-refractivity contribution is 0.249. The predicted octanol–water partition coefficient (Wildman–Crippen LogP) is 1.63. The number of amides is 2. The number of nitrogens with zero attached hydrogens (tertiary/aromatic N) is 1. The van der Waals surface area contributed by atoms with Crippen LogP contribution in [0.2, 0.25) is 0 Å². The average Bonchev–Trinajstić information content (AvgIpc) is 2.82. The van der Waals surface area contributed by atoms with Gasteiger partial charge in [0.25, 0.3) is 0 Å². The van der Waals surface area contributed by atoms with Crippen molar-refractivity contribution in [3.8, 4) is 0 Å². The van der Waals surface area contributed by atoms with Gasteiger partial charge in [0.2, 0.25) is 0 Å². The molecule has 2 aliphatic rings. The van der Waals surface area contributed by atoms with E-state index >= 15 is 0 Å². The quantitative estimate of drug-likeness (QED) is 0.498. The minimum Gasteiger partial charge on any atom is -0.350 e. The number of allylic oxidation sites excluding steroid dienone is 2. The molecule has 15 heavy (non-hydrogen) atoms. The molecule has 0 aromatic carbocycles. The van der Waals surface area contributed by atoms with Crippen LogP contribution >= 0.6 is 0 Å². The van der Waals surface area contributed by atoms with Gasteiger partial charge in [0.1, 0.15) is 0 Å². The molecule has 2 atom stereocenters. The van der Waals surface area contributed by atoms with Gasteiger partial charge < -0.3 is 5.73 Å². The van der Waals surface area contributed by atoms with Crippen LogP contribution in [-0.4, -0.2) is 11.7 Å². The number of rotatable bonds is 1. The smallest absolute Gasteiger partial charge is 0.332 e. The maximum atomic E-state index is 10.6. The molecular weight excluding hydrogens is 190 g/mol. The van der Waals surface area contributed by atoms with Crippen molar-refractivity contribution in [1.82, 2.24) is 5.43 Å². The Bertz CT molecular complexity index is 344. The van der Waals surface area contributed by atoms with E-state index in [0.717, 1.165) is 18.1 Å². The van der Waals surface area contributed by atoms with Crippen LogP contribution in [0.5, 0.6) is 0 Å². The predicted molar refractivity (Wildman–Crippen MR) is 59.3 cm³/mol. The van der Waals surface area contributed by atoms with Crippen molar-refractivity contribution >= 4 is 11.7 Å². The van der Waals surface area contributed by atoms with E-state index in [2.05, 4.69) is 36.5 Å². The number of nitrogens with one attached hydrogen (secondary N) is 1. The number of carbonyl (C=O) groups is 1. The Labute approximate surface area is 89.6 Å². The summed E-state index contributed by atoms with van der Waals surface area (Å²) in [5.74, 6) is 1.25. The monoisotopic (exact) mass is 207 g/mol. The third-order valence-electron chi connectivity index (χ3n) is 3.19. The van der Waals surface area contributed by atoms with Crippen molar-refractivity contribution in [3.63, 3.8) is 0 Å². The normalized spacial score (nSPS) is 34.4. The van der Waals surface area contributed by atoms with Gasteiger partial charge in [0.05, 0.1) is 5.71 Å². The zero-order chi connectivity index (χ0) is 11.1. The Morgan fingerprint density at radius 3 is 3.07 bits per heavy atom. The summed E-state index contributed by atoms with van der Waals surface area (Å²) >= 11 is 0. The molecule has 0 spiro atoms. The average molecular weight is 207 g/mol. The summed E-state index contributed by atoms with van der Waals surface area (Å²) in [4.78, 5) is 10.6. The second-order valence-corrected chi connectivity index (χ2v) is 4.94. The van der Waals surface area contributed by atoms with Gasteiger partial charge in [-0.15, -0.1) is 0 Å². The maximum absolute atomic E-state index is 10.6. The Hall–Kier alpha value is -1.32.